The second kappa shape index (κ2) is 8.98. The molecule has 0 saturated carbocycles. The van der Waals surface area contributed by atoms with Gasteiger partial charge in [-0.05, 0) is 19.8 Å². The third kappa shape index (κ3) is 6.94. The van der Waals surface area contributed by atoms with E-state index in [0.29, 0.717) is 6.42 Å². The van der Waals surface area contributed by atoms with E-state index in [9.17, 15) is 14.7 Å². The molecule has 0 heterocycles. The van der Waals surface area contributed by atoms with Crippen LogP contribution in [0.1, 0.15) is 46.0 Å². The highest BCUT2D eigenvalue weighted by Crippen LogP contribution is 2.17. The van der Waals surface area contributed by atoms with Crippen LogP contribution in [-0.2, 0) is 14.3 Å². The highest BCUT2D eigenvalue weighted by molar-refractivity contribution is 5.76. The molecule has 17 heavy (non-hydrogen) atoms. The van der Waals surface area contributed by atoms with Crippen LogP contribution in [0.2, 0.25) is 0 Å². The van der Waals surface area contributed by atoms with E-state index < -0.39 is 24.0 Å². The van der Waals surface area contributed by atoms with Gasteiger partial charge in [0.25, 0.3) is 0 Å². The summed E-state index contributed by atoms with van der Waals surface area (Å²) in [6.45, 7) is 3.85. The minimum atomic E-state index is -1.34. The summed E-state index contributed by atoms with van der Waals surface area (Å²) in [5, 5.41) is 18.5. The number of carbonyl (C=O) groups is 2. The molecule has 0 bridgehead atoms. The van der Waals surface area contributed by atoms with Crippen LogP contribution in [0.15, 0.2) is 0 Å². The number of aliphatic carboxylic acids is 1. The molecule has 0 aliphatic carbocycles. The number of carbonyl (C=O) groups excluding carboxylic acids is 1. The monoisotopic (exact) mass is 246 g/mol. The van der Waals surface area contributed by atoms with Crippen LogP contribution in [0.4, 0.5) is 0 Å². The molecule has 0 fully saturated rings. The molecule has 100 valence electrons. The first-order chi connectivity index (χ1) is 8.02. The van der Waals surface area contributed by atoms with Gasteiger partial charge >= 0.3 is 11.9 Å². The zero-order valence-electron chi connectivity index (χ0n) is 10.5. The Bertz CT molecular complexity index is 239. The molecular formula is C12H22O5. The lowest BCUT2D eigenvalue weighted by atomic mass is 9.95. The topological polar surface area (TPSA) is 83.8 Å². The van der Waals surface area contributed by atoms with E-state index in [1.54, 1.807) is 6.92 Å². The fourth-order valence-electron chi connectivity index (χ4n) is 1.59. The average molecular weight is 246 g/mol. The average Bonchev–Trinajstić information content (AvgIpc) is 2.27. The Hall–Kier alpha value is -1.10. The summed E-state index contributed by atoms with van der Waals surface area (Å²) in [5.74, 6) is -2.39. The Balaban J connectivity index is 4.14. The van der Waals surface area contributed by atoms with E-state index in [1.165, 1.54) is 0 Å². The van der Waals surface area contributed by atoms with E-state index in [0.717, 1.165) is 19.3 Å². The maximum absolute atomic E-state index is 11.2. The third-order valence-corrected chi connectivity index (χ3v) is 2.57. The minimum Gasteiger partial charge on any atom is -0.481 e. The van der Waals surface area contributed by atoms with Crippen molar-refractivity contribution < 1.29 is 24.5 Å². The van der Waals surface area contributed by atoms with Crippen molar-refractivity contribution in [2.75, 3.05) is 6.61 Å². The highest BCUT2D eigenvalue weighted by Gasteiger charge is 2.25. The molecule has 0 aromatic heterocycles. The Labute approximate surface area is 102 Å². The Kier molecular flexibility index (Phi) is 8.40. The molecule has 0 aromatic rings. The van der Waals surface area contributed by atoms with Crippen LogP contribution in [-0.4, -0.2) is 34.9 Å². The van der Waals surface area contributed by atoms with Crippen molar-refractivity contribution in [2.24, 2.45) is 5.92 Å². The van der Waals surface area contributed by atoms with Gasteiger partial charge in [-0.1, -0.05) is 26.2 Å². The van der Waals surface area contributed by atoms with Gasteiger partial charge in [0, 0.05) is 0 Å². The fourth-order valence-corrected chi connectivity index (χ4v) is 1.59. The second-order valence-electron chi connectivity index (χ2n) is 4.03. The van der Waals surface area contributed by atoms with Crippen LogP contribution in [0.3, 0.4) is 0 Å². The lowest BCUT2D eigenvalue weighted by molar-refractivity contribution is -0.155. The molecular weight excluding hydrogens is 224 g/mol. The first-order valence-corrected chi connectivity index (χ1v) is 6.10. The summed E-state index contributed by atoms with van der Waals surface area (Å²) >= 11 is 0. The predicted octanol–water partition coefficient (Wildman–Crippen LogP) is 1.58. The van der Waals surface area contributed by atoms with E-state index in [2.05, 4.69) is 4.74 Å². The fraction of sp³-hybridized carbons (Fsp3) is 0.833. The molecule has 2 atom stereocenters. The van der Waals surface area contributed by atoms with Crippen molar-refractivity contribution in [1.82, 2.24) is 0 Å². The number of aliphatic hydroxyl groups excluding tert-OH is 1. The standard InChI is InChI=1S/C12H22O5/c1-3-5-6-7-9(11(14)15)8-10(13)12(16)17-4-2/h9-10,13H,3-8H2,1-2H3,(H,14,15). The van der Waals surface area contributed by atoms with Crippen LogP contribution in [0.25, 0.3) is 0 Å². The van der Waals surface area contributed by atoms with Gasteiger partial charge in [-0.3, -0.25) is 4.79 Å². The molecule has 5 heteroatoms. The summed E-state index contributed by atoms with van der Waals surface area (Å²) in [7, 11) is 0. The van der Waals surface area contributed by atoms with Crippen molar-refractivity contribution in [3.05, 3.63) is 0 Å². The minimum absolute atomic E-state index is 0.0715. The summed E-state index contributed by atoms with van der Waals surface area (Å²) < 4.78 is 4.63. The largest absolute Gasteiger partial charge is 0.481 e. The van der Waals surface area contributed by atoms with Gasteiger partial charge in [0.2, 0.25) is 0 Å². The van der Waals surface area contributed by atoms with Crippen molar-refractivity contribution in [3.63, 3.8) is 0 Å². The number of esters is 1. The first-order valence-electron chi connectivity index (χ1n) is 6.10. The summed E-state index contributed by atoms with van der Waals surface area (Å²) in [5.41, 5.74) is 0. The Morgan fingerprint density at radius 3 is 2.35 bits per heavy atom. The number of hydrogen-bond donors (Lipinski definition) is 2. The lowest BCUT2D eigenvalue weighted by Gasteiger charge is -2.15. The van der Waals surface area contributed by atoms with Crippen LogP contribution >= 0.6 is 0 Å². The van der Waals surface area contributed by atoms with Gasteiger partial charge in [-0.25, -0.2) is 4.79 Å². The molecule has 2 unspecified atom stereocenters. The van der Waals surface area contributed by atoms with Gasteiger partial charge in [-0.15, -0.1) is 0 Å². The molecule has 0 rings (SSSR count). The van der Waals surface area contributed by atoms with Gasteiger partial charge in [0.05, 0.1) is 12.5 Å². The summed E-state index contributed by atoms with van der Waals surface area (Å²) in [4.78, 5) is 22.1. The van der Waals surface area contributed by atoms with Crippen molar-refractivity contribution in [2.45, 2.75) is 52.1 Å². The van der Waals surface area contributed by atoms with Crippen molar-refractivity contribution in [1.29, 1.82) is 0 Å². The van der Waals surface area contributed by atoms with E-state index in [-0.39, 0.29) is 13.0 Å². The number of rotatable bonds is 9. The smallest absolute Gasteiger partial charge is 0.334 e. The quantitative estimate of drug-likeness (QED) is 0.476. The number of hydrogen-bond acceptors (Lipinski definition) is 4. The molecule has 2 N–H and O–H groups in total. The maximum Gasteiger partial charge on any atom is 0.334 e. The zero-order valence-corrected chi connectivity index (χ0v) is 10.5. The third-order valence-electron chi connectivity index (χ3n) is 2.57. The number of carboxylic acids is 1. The summed E-state index contributed by atoms with van der Waals surface area (Å²) in [6, 6.07) is 0. The van der Waals surface area contributed by atoms with Crippen molar-refractivity contribution in [3.8, 4) is 0 Å². The maximum atomic E-state index is 11.2. The van der Waals surface area contributed by atoms with Crippen LogP contribution in [0, 0.1) is 5.92 Å². The molecule has 0 saturated heterocycles. The SMILES string of the molecule is CCCCCC(CC(O)C(=O)OCC)C(=O)O. The number of ether oxygens (including phenoxy) is 1. The lowest BCUT2D eigenvalue weighted by Crippen LogP contribution is -2.28. The number of carboxylic acid groups (broad SMARTS) is 1. The Morgan fingerprint density at radius 2 is 1.88 bits per heavy atom. The van der Waals surface area contributed by atoms with Crippen molar-refractivity contribution >= 4 is 11.9 Å². The molecule has 0 aliphatic rings. The van der Waals surface area contributed by atoms with Gasteiger partial charge in [0.15, 0.2) is 6.10 Å². The number of aliphatic hydroxyl groups is 1. The normalized spacial score (nSPS) is 14.1. The molecule has 0 spiro atoms. The molecule has 0 amide bonds. The van der Waals surface area contributed by atoms with Crippen LogP contribution in [0.5, 0.6) is 0 Å². The molecule has 5 nitrogen and oxygen atoms in total. The zero-order chi connectivity index (χ0) is 13.3. The Morgan fingerprint density at radius 1 is 1.24 bits per heavy atom. The van der Waals surface area contributed by atoms with Gasteiger partial charge in [-0.2, -0.15) is 0 Å². The second-order valence-corrected chi connectivity index (χ2v) is 4.03. The molecule has 0 radical (unpaired) electrons. The predicted molar refractivity (Wildman–Crippen MR) is 62.5 cm³/mol. The molecule has 0 aromatic carbocycles. The molecule has 0 aliphatic heterocycles. The van der Waals surface area contributed by atoms with Gasteiger partial charge < -0.3 is 14.9 Å². The number of unbranched alkanes of at least 4 members (excludes halogenated alkanes) is 2. The van der Waals surface area contributed by atoms with Gasteiger partial charge in [0.1, 0.15) is 0 Å². The van der Waals surface area contributed by atoms with E-state index in [1.807, 2.05) is 6.92 Å². The van der Waals surface area contributed by atoms with E-state index in [4.69, 9.17) is 5.11 Å². The van der Waals surface area contributed by atoms with E-state index >= 15 is 0 Å². The first kappa shape index (κ1) is 15.9. The highest BCUT2D eigenvalue weighted by atomic mass is 16.5. The summed E-state index contributed by atoms with van der Waals surface area (Å²) in [6.07, 6.45) is 1.84. The van der Waals surface area contributed by atoms with Crippen LogP contribution < -0.4 is 0 Å².